The summed E-state index contributed by atoms with van der Waals surface area (Å²) in [6, 6.07) is 7.13. The highest BCUT2D eigenvalue weighted by molar-refractivity contribution is 6.07. The molecule has 0 aliphatic carbocycles. The van der Waals surface area contributed by atoms with Gasteiger partial charge < -0.3 is 15.3 Å². The van der Waals surface area contributed by atoms with Crippen molar-refractivity contribution in [3.63, 3.8) is 0 Å². The Kier molecular flexibility index (Phi) is 3.96. The summed E-state index contributed by atoms with van der Waals surface area (Å²) in [6.45, 7) is 2.17. The molecule has 3 aromatic rings. The zero-order valence-electron chi connectivity index (χ0n) is 16.7. The first-order chi connectivity index (χ1) is 14.4. The van der Waals surface area contributed by atoms with Crippen molar-refractivity contribution in [3.8, 4) is 0 Å². The smallest absolute Gasteiger partial charge is 0.267 e. The molecule has 4 heterocycles. The summed E-state index contributed by atoms with van der Waals surface area (Å²) < 4.78 is 1.67. The molecule has 2 atom stereocenters. The monoisotopic (exact) mass is 406 g/mol. The second kappa shape index (κ2) is 6.45. The molecule has 5 rings (SSSR count). The van der Waals surface area contributed by atoms with Crippen LogP contribution in [-0.4, -0.2) is 43.2 Å². The first-order valence-electron chi connectivity index (χ1n) is 9.87. The van der Waals surface area contributed by atoms with Crippen molar-refractivity contribution in [3.05, 3.63) is 69.4 Å². The lowest BCUT2D eigenvalue weighted by Gasteiger charge is -2.33. The fraction of sp³-hybridized carbons (Fsp3) is 0.333. The predicted octanol–water partition coefficient (Wildman–Crippen LogP) is 1.15. The average molecular weight is 406 g/mol. The third-order valence-electron chi connectivity index (χ3n) is 6.37. The summed E-state index contributed by atoms with van der Waals surface area (Å²) >= 11 is 0. The Hall–Kier alpha value is -3.62. The second-order valence-corrected chi connectivity index (χ2v) is 8.02. The van der Waals surface area contributed by atoms with Gasteiger partial charge in [0.05, 0.1) is 18.7 Å². The number of nitrogens with zero attached hydrogens (tertiary/aromatic N) is 3. The minimum absolute atomic E-state index is 0.0270. The van der Waals surface area contributed by atoms with Crippen LogP contribution >= 0.6 is 0 Å². The standard InChI is InChI=1S/C21H22N6O3/c1-12-14(19(29)25-24-12)9-17(28)27-8-7-21(18(27)13-10-22-26(2)11-13)15-5-3-4-6-16(15)23-20(21)30/h3-6,10-11,18H,7-9H2,1-2H3,(H,23,30)(H2,24,25,29)/t18-,21+/m0/s1. The van der Waals surface area contributed by atoms with Gasteiger partial charge in [0.2, 0.25) is 11.8 Å². The molecule has 2 amide bonds. The highest BCUT2D eigenvalue weighted by Crippen LogP contribution is 2.54. The average Bonchev–Trinajstić information content (AvgIpc) is 3.46. The van der Waals surface area contributed by atoms with E-state index in [2.05, 4.69) is 20.6 Å². The van der Waals surface area contributed by atoms with Crippen molar-refractivity contribution >= 4 is 17.5 Å². The highest BCUT2D eigenvalue weighted by Gasteiger charge is 2.59. The van der Waals surface area contributed by atoms with Gasteiger partial charge in [0.1, 0.15) is 5.41 Å². The molecular formula is C21H22N6O3. The molecule has 1 spiro atoms. The number of aryl methyl sites for hydroxylation is 2. The number of amides is 2. The van der Waals surface area contributed by atoms with Crippen molar-refractivity contribution in [2.45, 2.75) is 31.2 Å². The summed E-state index contributed by atoms with van der Waals surface area (Å²) in [6.07, 6.45) is 4.03. The van der Waals surface area contributed by atoms with E-state index < -0.39 is 11.5 Å². The Balaban J connectivity index is 1.60. The van der Waals surface area contributed by atoms with Gasteiger partial charge >= 0.3 is 0 Å². The van der Waals surface area contributed by atoms with E-state index in [1.807, 2.05) is 37.5 Å². The Labute approximate surface area is 172 Å². The van der Waals surface area contributed by atoms with E-state index >= 15 is 0 Å². The van der Waals surface area contributed by atoms with Crippen molar-refractivity contribution in [2.24, 2.45) is 7.05 Å². The summed E-state index contributed by atoms with van der Waals surface area (Å²) in [5.41, 5.74) is 2.37. The number of hydrogen-bond donors (Lipinski definition) is 3. The first-order valence-corrected chi connectivity index (χ1v) is 9.87. The van der Waals surface area contributed by atoms with Gasteiger partial charge in [-0.2, -0.15) is 5.10 Å². The quantitative estimate of drug-likeness (QED) is 0.605. The van der Waals surface area contributed by atoms with E-state index in [1.54, 1.807) is 22.7 Å². The second-order valence-electron chi connectivity index (χ2n) is 8.02. The van der Waals surface area contributed by atoms with Crippen molar-refractivity contribution < 1.29 is 9.59 Å². The molecule has 3 N–H and O–H groups in total. The molecule has 1 aromatic carbocycles. The number of hydrogen-bond acceptors (Lipinski definition) is 4. The van der Waals surface area contributed by atoms with Crippen LogP contribution in [0.25, 0.3) is 0 Å². The van der Waals surface area contributed by atoms with Crippen LogP contribution in [0.3, 0.4) is 0 Å². The van der Waals surface area contributed by atoms with E-state index in [0.29, 0.717) is 24.2 Å². The molecule has 1 saturated heterocycles. The Bertz CT molecular complexity index is 1220. The molecule has 30 heavy (non-hydrogen) atoms. The minimum Gasteiger partial charge on any atom is -0.334 e. The number of anilines is 1. The summed E-state index contributed by atoms with van der Waals surface area (Å²) in [5.74, 6) is -0.297. The Morgan fingerprint density at radius 3 is 2.77 bits per heavy atom. The van der Waals surface area contributed by atoms with Gasteiger partial charge in [-0.15, -0.1) is 0 Å². The summed E-state index contributed by atoms with van der Waals surface area (Å²) in [7, 11) is 1.81. The van der Waals surface area contributed by atoms with Gasteiger partial charge in [-0.05, 0) is 25.0 Å². The van der Waals surface area contributed by atoms with E-state index in [4.69, 9.17) is 0 Å². The number of H-pyrrole nitrogens is 2. The van der Waals surface area contributed by atoms with E-state index in [-0.39, 0.29) is 23.8 Å². The van der Waals surface area contributed by atoms with Crippen LogP contribution < -0.4 is 10.9 Å². The predicted molar refractivity (Wildman–Crippen MR) is 109 cm³/mol. The molecule has 2 aliphatic rings. The number of rotatable bonds is 3. The lowest BCUT2D eigenvalue weighted by molar-refractivity contribution is -0.132. The highest BCUT2D eigenvalue weighted by atomic mass is 16.2. The van der Waals surface area contributed by atoms with Gasteiger partial charge in [0.15, 0.2) is 0 Å². The third-order valence-corrected chi connectivity index (χ3v) is 6.37. The molecule has 2 aliphatic heterocycles. The number of aromatic amines is 2. The number of para-hydroxylation sites is 1. The minimum atomic E-state index is -0.880. The summed E-state index contributed by atoms with van der Waals surface area (Å²) in [5, 5.41) is 12.6. The van der Waals surface area contributed by atoms with E-state index in [1.165, 1.54) is 0 Å². The molecule has 0 unspecified atom stereocenters. The fourth-order valence-corrected chi connectivity index (χ4v) is 4.94. The third kappa shape index (κ3) is 2.47. The summed E-state index contributed by atoms with van der Waals surface area (Å²) in [4.78, 5) is 40.5. The maximum Gasteiger partial charge on any atom is 0.267 e. The van der Waals surface area contributed by atoms with Gasteiger partial charge in [-0.25, -0.2) is 0 Å². The molecule has 2 aromatic heterocycles. The van der Waals surface area contributed by atoms with Crippen LogP contribution in [0.1, 0.15) is 34.8 Å². The number of fused-ring (bicyclic) bond motifs is 2. The number of likely N-dealkylation sites (tertiary alicyclic amines) is 1. The van der Waals surface area contributed by atoms with Crippen LogP contribution in [0.5, 0.6) is 0 Å². The molecule has 0 radical (unpaired) electrons. The van der Waals surface area contributed by atoms with Gasteiger partial charge in [0.25, 0.3) is 5.56 Å². The molecule has 154 valence electrons. The molecule has 0 bridgehead atoms. The maximum atomic E-state index is 13.4. The lowest BCUT2D eigenvalue weighted by Crippen LogP contribution is -2.43. The van der Waals surface area contributed by atoms with Crippen molar-refractivity contribution in [1.82, 2.24) is 24.9 Å². The number of carbonyl (C=O) groups is 2. The first kappa shape index (κ1) is 18.4. The SMILES string of the molecule is Cc1[nH][nH]c(=O)c1CC(=O)N1CC[C@]2(C(=O)Nc3ccccc32)[C@@H]1c1cnn(C)c1. The lowest BCUT2D eigenvalue weighted by atomic mass is 9.73. The van der Waals surface area contributed by atoms with Gasteiger partial charge in [-0.1, -0.05) is 18.2 Å². The fourth-order valence-electron chi connectivity index (χ4n) is 4.94. The normalized spacial score (nSPS) is 22.5. The van der Waals surface area contributed by atoms with Crippen LogP contribution in [0.15, 0.2) is 41.5 Å². The molecule has 9 nitrogen and oxygen atoms in total. The zero-order valence-corrected chi connectivity index (χ0v) is 16.7. The van der Waals surface area contributed by atoms with Gasteiger partial charge in [0, 0.05) is 42.3 Å². The maximum absolute atomic E-state index is 13.4. The Morgan fingerprint density at radius 2 is 2.07 bits per heavy atom. The van der Waals surface area contributed by atoms with E-state index in [0.717, 1.165) is 16.8 Å². The number of aromatic nitrogens is 4. The van der Waals surface area contributed by atoms with Crippen molar-refractivity contribution in [1.29, 1.82) is 0 Å². The van der Waals surface area contributed by atoms with Crippen LogP contribution in [-0.2, 0) is 28.5 Å². The van der Waals surface area contributed by atoms with Crippen LogP contribution in [0.4, 0.5) is 5.69 Å². The zero-order chi connectivity index (χ0) is 21.0. The number of benzene rings is 1. The molecule has 0 saturated carbocycles. The Morgan fingerprint density at radius 1 is 1.27 bits per heavy atom. The number of carbonyl (C=O) groups excluding carboxylic acids is 2. The largest absolute Gasteiger partial charge is 0.334 e. The molecular weight excluding hydrogens is 384 g/mol. The van der Waals surface area contributed by atoms with Crippen molar-refractivity contribution in [2.75, 3.05) is 11.9 Å². The van der Waals surface area contributed by atoms with E-state index in [9.17, 15) is 14.4 Å². The number of nitrogens with one attached hydrogen (secondary N) is 3. The van der Waals surface area contributed by atoms with Crippen LogP contribution in [0.2, 0.25) is 0 Å². The molecule has 1 fully saturated rings. The van der Waals surface area contributed by atoms with Gasteiger partial charge in [-0.3, -0.25) is 24.2 Å². The van der Waals surface area contributed by atoms with Crippen LogP contribution in [0, 0.1) is 6.92 Å². The topological polar surface area (TPSA) is 116 Å². The molecule has 9 heteroatoms.